The van der Waals surface area contributed by atoms with E-state index < -0.39 is 0 Å². The molecular weight excluding hydrogens is 200 g/mol. The van der Waals surface area contributed by atoms with Gasteiger partial charge in [0.25, 0.3) is 0 Å². The molecule has 0 radical (unpaired) electrons. The molecule has 0 aromatic carbocycles. The van der Waals surface area contributed by atoms with Crippen LogP contribution in [0.5, 0.6) is 0 Å². The molecule has 3 heteroatoms. The maximum absolute atomic E-state index is 5.53. The number of nitrogens with zero attached hydrogens (tertiary/aromatic N) is 1. The van der Waals surface area contributed by atoms with Crippen molar-refractivity contribution in [2.24, 2.45) is 0 Å². The second kappa shape index (κ2) is 6.58. The van der Waals surface area contributed by atoms with Gasteiger partial charge in [0.2, 0.25) is 0 Å². The van der Waals surface area contributed by atoms with Crippen LogP contribution in [-0.4, -0.2) is 49.8 Å². The summed E-state index contributed by atoms with van der Waals surface area (Å²) in [4.78, 5) is 2.66. The molecule has 1 aliphatic carbocycles. The Balaban J connectivity index is 1.78. The summed E-state index contributed by atoms with van der Waals surface area (Å²) in [6, 6.07) is 1.39. The minimum absolute atomic E-state index is 0.552. The number of morpholine rings is 1. The van der Waals surface area contributed by atoms with E-state index in [1.165, 1.54) is 45.2 Å². The van der Waals surface area contributed by atoms with E-state index in [2.05, 4.69) is 17.1 Å². The van der Waals surface area contributed by atoms with Gasteiger partial charge in [-0.15, -0.1) is 0 Å². The fraction of sp³-hybridized carbons (Fsp3) is 1.00. The Morgan fingerprint density at radius 1 is 1.25 bits per heavy atom. The molecule has 3 nitrogen and oxygen atoms in total. The lowest BCUT2D eigenvalue weighted by Crippen LogP contribution is -2.51. The van der Waals surface area contributed by atoms with Crippen LogP contribution in [-0.2, 0) is 4.74 Å². The third kappa shape index (κ3) is 3.44. The second-order valence-corrected chi connectivity index (χ2v) is 5.11. The summed E-state index contributed by atoms with van der Waals surface area (Å²) in [5.74, 6) is 0. The van der Waals surface area contributed by atoms with Crippen molar-refractivity contribution in [3.63, 3.8) is 0 Å². The highest BCUT2D eigenvalue weighted by Crippen LogP contribution is 2.22. The van der Waals surface area contributed by atoms with Crippen molar-refractivity contribution in [1.82, 2.24) is 10.2 Å². The quantitative estimate of drug-likeness (QED) is 0.788. The summed E-state index contributed by atoms with van der Waals surface area (Å²) < 4.78 is 5.53. The van der Waals surface area contributed by atoms with E-state index in [1.807, 2.05) is 0 Å². The smallest absolute Gasteiger partial charge is 0.0632 e. The maximum atomic E-state index is 5.53. The van der Waals surface area contributed by atoms with Crippen molar-refractivity contribution in [2.75, 3.05) is 32.8 Å². The van der Waals surface area contributed by atoms with E-state index in [4.69, 9.17) is 4.74 Å². The van der Waals surface area contributed by atoms with E-state index in [0.717, 1.165) is 25.8 Å². The van der Waals surface area contributed by atoms with E-state index in [0.29, 0.717) is 6.04 Å². The van der Waals surface area contributed by atoms with Crippen molar-refractivity contribution >= 4 is 0 Å². The van der Waals surface area contributed by atoms with E-state index in [9.17, 15) is 0 Å². The molecule has 0 bridgehead atoms. The van der Waals surface area contributed by atoms with Crippen LogP contribution in [0.2, 0.25) is 0 Å². The van der Waals surface area contributed by atoms with E-state index in [1.54, 1.807) is 0 Å². The molecule has 0 aromatic heterocycles. The summed E-state index contributed by atoms with van der Waals surface area (Å²) >= 11 is 0. The fourth-order valence-corrected chi connectivity index (χ4v) is 3.00. The average molecular weight is 226 g/mol. The molecule has 1 aliphatic heterocycles. The zero-order valence-corrected chi connectivity index (χ0v) is 10.6. The molecule has 1 saturated carbocycles. The Kier molecular flexibility index (Phi) is 5.07. The summed E-state index contributed by atoms with van der Waals surface area (Å²) in [5.41, 5.74) is 0. The largest absolute Gasteiger partial charge is 0.378 e. The molecule has 2 aliphatic rings. The van der Waals surface area contributed by atoms with Crippen molar-refractivity contribution in [3.05, 3.63) is 0 Å². The minimum Gasteiger partial charge on any atom is -0.378 e. The summed E-state index contributed by atoms with van der Waals surface area (Å²) in [5, 5.41) is 3.56. The topological polar surface area (TPSA) is 24.5 Å². The highest BCUT2D eigenvalue weighted by atomic mass is 16.5. The molecule has 0 aromatic rings. The number of rotatable bonds is 4. The van der Waals surface area contributed by atoms with Gasteiger partial charge in [-0.25, -0.2) is 0 Å². The summed E-state index contributed by atoms with van der Waals surface area (Å²) in [6.45, 7) is 7.43. The van der Waals surface area contributed by atoms with E-state index in [-0.39, 0.29) is 0 Å². The fourth-order valence-electron chi connectivity index (χ4n) is 3.00. The van der Waals surface area contributed by atoms with Gasteiger partial charge in [0.1, 0.15) is 0 Å². The van der Waals surface area contributed by atoms with Crippen molar-refractivity contribution in [2.45, 2.75) is 51.1 Å². The first-order chi connectivity index (χ1) is 7.90. The molecule has 0 amide bonds. The van der Waals surface area contributed by atoms with E-state index >= 15 is 0 Å². The second-order valence-electron chi connectivity index (χ2n) is 5.11. The van der Waals surface area contributed by atoms with Crippen LogP contribution in [0.3, 0.4) is 0 Å². The molecule has 1 saturated heterocycles. The molecule has 16 heavy (non-hydrogen) atoms. The first-order valence-electron chi connectivity index (χ1n) is 6.95. The molecule has 2 fully saturated rings. The molecule has 1 unspecified atom stereocenters. The Morgan fingerprint density at radius 3 is 2.69 bits per heavy atom. The predicted octanol–water partition coefficient (Wildman–Crippen LogP) is 1.63. The minimum atomic E-state index is 0.552. The van der Waals surface area contributed by atoms with Crippen LogP contribution in [0.25, 0.3) is 0 Å². The standard InChI is InChI=1S/C13H26N2O/c1-2-15(13-6-4-3-5-7-13)10-12-11-16-9-8-14-12/h12-14H,2-11H2,1H3. The zero-order valence-electron chi connectivity index (χ0n) is 10.6. The average Bonchev–Trinajstić information content (AvgIpc) is 2.38. The van der Waals surface area contributed by atoms with Crippen LogP contribution in [0.1, 0.15) is 39.0 Å². The van der Waals surface area contributed by atoms with Gasteiger partial charge in [-0.2, -0.15) is 0 Å². The Bertz CT molecular complexity index is 186. The van der Waals surface area contributed by atoms with Gasteiger partial charge < -0.3 is 10.1 Å². The number of ether oxygens (including phenoxy) is 1. The number of hydrogen-bond donors (Lipinski definition) is 1. The Morgan fingerprint density at radius 2 is 2.06 bits per heavy atom. The Hall–Kier alpha value is -0.120. The lowest BCUT2D eigenvalue weighted by molar-refractivity contribution is 0.0507. The monoisotopic (exact) mass is 226 g/mol. The summed E-state index contributed by atoms with van der Waals surface area (Å²) in [6.07, 6.45) is 7.10. The normalized spacial score (nSPS) is 28.5. The number of likely N-dealkylation sites (N-methyl/N-ethyl adjacent to an activating group) is 1. The SMILES string of the molecule is CCN(CC1COCCN1)C1CCCCC1. The van der Waals surface area contributed by atoms with Gasteiger partial charge in [-0.3, -0.25) is 4.90 Å². The predicted molar refractivity (Wildman–Crippen MR) is 66.7 cm³/mol. The molecule has 1 heterocycles. The molecule has 1 N–H and O–H groups in total. The van der Waals surface area contributed by atoms with Gasteiger partial charge >= 0.3 is 0 Å². The highest BCUT2D eigenvalue weighted by molar-refractivity contribution is 4.80. The molecule has 94 valence electrons. The van der Waals surface area contributed by atoms with Gasteiger partial charge in [0.05, 0.1) is 13.2 Å². The Labute approximate surface area is 99.5 Å². The lowest BCUT2D eigenvalue weighted by Gasteiger charge is -2.37. The first-order valence-corrected chi connectivity index (χ1v) is 6.95. The molecule has 0 spiro atoms. The number of hydrogen-bond acceptors (Lipinski definition) is 3. The summed E-state index contributed by atoms with van der Waals surface area (Å²) in [7, 11) is 0. The first kappa shape index (κ1) is 12.3. The molecular formula is C13H26N2O. The van der Waals surface area contributed by atoms with Crippen LogP contribution < -0.4 is 5.32 Å². The lowest BCUT2D eigenvalue weighted by atomic mass is 9.94. The zero-order chi connectivity index (χ0) is 11.2. The van der Waals surface area contributed by atoms with Gasteiger partial charge in [-0.05, 0) is 19.4 Å². The highest BCUT2D eigenvalue weighted by Gasteiger charge is 2.23. The third-order valence-corrected chi connectivity index (χ3v) is 3.95. The van der Waals surface area contributed by atoms with Crippen LogP contribution >= 0.6 is 0 Å². The van der Waals surface area contributed by atoms with Crippen LogP contribution in [0.4, 0.5) is 0 Å². The number of nitrogens with one attached hydrogen (secondary N) is 1. The third-order valence-electron chi connectivity index (χ3n) is 3.95. The van der Waals surface area contributed by atoms with Gasteiger partial charge in [0.15, 0.2) is 0 Å². The van der Waals surface area contributed by atoms with Gasteiger partial charge in [-0.1, -0.05) is 26.2 Å². The van der Waals surface area contributed by atoms with Crippen molar-refractivity contribution < 1.29 is 4.74 Å². The van der Waals surface area contributed by atoms with Crippen molar-refractivity contribution in [1.29, 1.82) is 0 Å². The van der Waals surface area contributed by atoms with Gasteiger partial charge in [0, 0.05) is 25.2 Å². The van der Waals surface area contributed by atoms with Crippen LogP contribution in [0.15, 0.2) is 0 Å². The van der Waals surface area contributed by atoms with Crippen molar-refractivity contribution in [3.8, 4) is 0 Å². The maximum Gasteiger partial charge on any atom is 0.0632 e. The van der Waals surface area contributed by atoms with Crippen LogP contribution in [0, 0.1) is 0 Å². The molecule has 2 rings (SSSR count). The molecule has 1 atom stereocenters.